The maximum Gasteiger partial charge on any atom is 0.331 e. The lowest BCUT2D eigenvalue weighted by molar-refractivity contribution is 0.578. The molecule has 1 unspecified atom stereocenters. The van der Waals surface area contributed by atoms with Crippen LogP contribution in [0.25, 0.3) is 0 Å². The first-order valence-corrected chi connectivity index (χ1v) is 7.41. The lowest BCUT2D eigenvalue weighted by atomic mass is 10.4. The number of aromatic nitrogens is 2. The van der Waals surface area contributed by atoms with Crippen molar-refractivity contribution in [1.29, 1.82) is 0 Å². The zero-order valence-electron chi connectivity index (χ0n) is 8.84. The fourth-order valence-corrected chi connectivity index (χ4v) is 3.21. The summed E-state index contributed by atoms with van der Waals surface area (Å²) < 4.78 is 3.12. The Bertz CT molecular complexity index is 505. The van der Waals surface area contributed by atoms with Crippen molar-refractivity contribution in [3.63, 3.8) is 0 Å². The van der Waals surface area contributed by atoms with Gasteiger partial charge in [-0.25, -0.2) is 4.79 Å². The van der Waals surface area contributed by atoms with E-state index in [1.807, 2.05) is 6.92 Å². The number of rotatable bonds is 3. The molecule has 0 radical (unpaired) electrons. The molecule has 90 valence electrons. The van der Waals surface area contributed by atoms with Crippen molar-refractivity contribution in [3.05, 3.63) is 31.0 Å². The lowest BCUT2D eigenvalue weighted by Crippen LogP contribution is -2.41. The predicted molar refractivity (Wildman–Crippen MR) is 74.7 cm³/mol. The first-order chi connectivity index (χ1) is 7.40. The van der Waals surface area contributed by atoms with Crippen LogP contribution in [0.1, 0.15) is 12.6 Å². The second-order valence-electron chi connectivity index (χ2n) is 3.43. The molecule has 1 heterocycles. The van der Waals surface area contributed by atoms with E-state index in [0.717, 1.165) is 4.57 Å². The molecule has 0 aromatic carbocycles. The van der Waals surface area contributed by atoms with Crippen LogP contribution in [0.4, 0.5) is 0 Å². The van der Waals surface area contributed by atoms with Gasteiger partial charge in [-0.05, 0) is 15.9 Å². The Morgan fingerprint density at radius 2 is 1.94 bits per heavy atom. The van der Waals surface area contributed by atoms with Gasteiger partial charge in [-0.1, -0.05) is 38.8 Å². The number of alkyl halides is 2. The maximum atomic E-state index is 11.9. The minimum atomic E-state index is -0.307. The zero-order chi connectivity index (χ0) is 12.5. The molecule has 0 N–H and O–H groups in total. The Morgan fingerprint density at radius 3 is 2.38 bits per heavy atom. The van der Waals surface area contributed by atoms with Gasteiger partial charge in [-0.15, -0.1) is 0 Å². The predicted octanol–water partition coefficient (Wildman–Crippen LogP) is 1.99. The minimum absolute atomic E-state index is 0.160. The van der Waals surface area contributed by atoms with Gasteiger partial charge in [0.05, 0.1) is 5.69 Å². The van der Waals surface area contributed by atoms with Crippen molar-refractivity contribution in [2.75, 3.05) is 0 Å². The molecule has 0 amide bonds. The first-order valence-electron chi connectivity index (χ1n) is 4.58. The Labute approximate surface area is 118 Å². The molecule has 0 aliphatic carbocycles. The smallest absolute Gasteiger partial charge is 0.294 e. The van der Waals surface area contributed by atoms with E-state index in [9.17, 15) is 9.59 Å². The van der Waals surface area contributed by atoms with Crippen molar-refractivity contribution in [3.8, 4) is 0 Å². The number of nitrogens with zero attached hydrogens (tertiary/aromatic N) is 2. The normalized spacial score (nSPS) is 12.8. The van der Waals surface area contributed by atoms with Crippen LogP contribution in [-0.4, -0.2) is 14.0 Å². The Kier molecular flexibility index (Phi) is 5.00. The molecule has 1 aromatic rings. The molecule has 1 aromatic heterocycles. The number of hydrogen-bond donors (Lipinski definition) is 0. The molecule has 0 saturated carbocycles. The van der Waals surface area contributed by atoms with Gasteiger partial charge < -0.3 is 0 Å². The van der Waals surface area contributed by atoms with Crippen LogP contribution in [0.2, 0.25) is 0 Å². The van der Waals surface area contributed by atoms with E-state index in [2.05, 4.69) is 47.8 Å². The second kappa shape index (κ2) is 5.64. The van der Waals surface area contributed by atoms with Gasteiger partial charge in [0.2, 0.25) is 0 Å². The summed E-state index contributed by atoms with van der Waals surface area (Å²) in [7, 11) is 1.48. The summed E-state index contributed by atoms with van der Waals surface area (Å²) in [6, 6.07) is 0. The van der Waals surface area contributed by atoms with Crippen molar-refractivity contribution in [2.45, 2.75) is 23.6 Å². The molecule has 0 spiro atoms. The van der Waals surface area contributed by atoms with Crippen molar-refractivity contribution in [2.24, 2.45) is 7.05 Å². The molecule has 1 atom stereocenters. The van der Waals surface area contributed by atoms with Gasteiger partial charge in [0.1, 0.15) is 4.47 Å². The highest BCUT2D eigenvalue weighted by Crippen LogP contribution is 2.14. The van der Waals surface area contributed by atoms with Crippen molar-refractivity contribution < 1.29 is 0 Å². The van der Waals surface area contributed by atoms with Crippen LogP contribution in [-0.2, 0) is 18.9 Å². The molecule has 0 fully saturated rings. The summed E-state index contributed by atoms with van der Waals surface area (Å²) in [5, 5.41) is 0.457. The third-order valence-corrected chi connectivity index (χ3v) is 3.77. The largest absolute Gasteiger partial charge is 0.331 e. The minimum Gasteiger partial charge on any atom is -0.294 e. The molecular formula is C9H11Br3N2O2. The van der Waals surface area contributed by atoms with E-state index in [-0.39, 0.29) is 16.1 Å². The first kappa shape index (κ1) is 14.2. The lowest BCUT2D eigenvalue weighted by Gasteiger charge is -2.15. The fourth-order valence-electron chi connectivity index (χ4n) is 1.34. The van der Waals surface area contributed by atoms with Gasteiger partial charge in [0.25, 0.3) is 5.56 Å². The monoisotopic (exact) mass is 416 g/mol. The van der Waals surface area contributed by atoms with Crippen LogP contribution in [0, 0.1) is 0 Å². The summed E-state index contributed by atoms with van der Waals surface area (Å²) in [4.78, 5) is 23.8. The average Bonchev–Trinajstić information content (AvgIpc) is 2.23. The third kappa shape index (κ3) is 2.68. The molecule has 0 aliphatic heterocycles. The van der Waals surface area contributed by atoms with Crippen LogP contribution in [0.15, 0.2) is 14.1 Å². The number of halogens is 3. The summed E-state index contributed by atoms with van der Waals surface area (Å²) in [5.41, 5.74) is 0.0614. The van der Waals surface area contributed by atoms with E-state index in [0.29, 0.717) is 22.0 Å². The molecule has 16 heavy (non-hydrogen) atoms. The maximum absolute atomic E-state index is 11.9. The van der Waals surface area contributed by atoms with E-state index in [4.69, 9.17) is 0 Å². The highest BCUT2D eigenvalue weighted by atomic mass is 79.9. The van der Waals surface area contributed by atoms with Crippen molar-refractivity contribution >= 4 is 47.8 Å². The molecule has 1 rings (SSSR count). The molecule has 0 saturated heterocycles. The Morgan fingerprint density at radius 1 is 1.38 bits per heavy atom. The zero-order valence-corrected chi connectivity index (χ0v) is 13.6. The van der Waals surface area contributed by atoms with Gasteiger partial charge in [-0.3, -0.25) is 13.9 Å². The average molecular weight is 419 g/mol. The SMILES string of the molecule is CC(Br)Cn1c(CBr)c(Br)c(=O)n(C)c1=O. The van der Waals surface area contributed by atoms with Crippen LogP contribution >= 0.6 is 47.8 Å². The van der Waals surface area contributed by atoms with Crippen LogP contribution < -0.4 is 11.2 Å². The highest BCUT2D eigenvalue weighted by Gasteiger charge is 2.15. The van der Waals surface area contributed by atoms with Crippen LogP contribution in [0.3, 0.4) is 0 Å². The van der Waals surface area contributed by atoms with Gasteiger partial charge in [0.15, 0.2) is 0 Å². The van der Waals surface area contributed by atoms with E-state index >= 15 is 0 Å². The second-order valence-corrected chi connectivity index (χ2v) is 6.35. The van der Waals surface area contributed by atoms with Crippen LogP contribution in [0.5, 0.6) is 0 Å². The molecule has 0 aliphatic rings. The van der Waals surface area contributed by atoms with E-state index in [1.54, 1.807) is 4.57 Å². The highest BCUT2D eigenvalue weighted by molar-refractivity contribution is 9.10. The topological polar surface area (TPSA) is 44.0 Å². The van der Waals surface area contributed by atoms with E-state index < -0.39 is 0 Å². The molecule has 0 bridgehead atoms. The van der Waals surface area contributed by atoms with Gasteiger partial charge in [0, 0.05) is 23.7 Å². The fraction of sp³-hybridized carbons (Fsp3) is 0.556. The summed E-state index contributed by atoms with van der Waals surface area (Å²) in [6.07, 6.45) is 0. The molecule has 7 heteroatoms. The standard InChI is InChI=1S/C9H11Br3N2O2/c1-5(11)4-14-6(3-10)7(12)8(15)13(2)9(14)16/h5H,3-4H2,1-2H3. The number of hydrogen-bond acceptors (Lipinski definition) is 2. The molecule has 4 nitrogen and oxygen atoms in total. The van der Waals surface area contributed by atoms with Gasteiger partial charge in [-0.2, -0.15) is 0 Å². The molecular weight excluding hydrogens is 408 g/mol. The van der Waals surface area contributed by atoms with Gasteiger partial charge >= 0.3 is 5.69 Å². The third-order valence-electron chi connectivity index (χ3n) is 2.15. The Hall–Kier alpha value is 0.120. The van der Waals surface area contributed by atoms with Crippen molar-refractivity contribution in [1.82, 2.24) is 9.13 Å². The Balaban J connectivity index is 3.58. The quantitative estimate of drug-likeness (QED) is 0.705. The summed E-state index contributed by atoms with van der Waals surface area (Å²) >= 11 is 9.92. The summed E-state index contributed by atoms with van der Waals surface area (Å²) in [5.74, 6) is 0. The van der Waals surface area contributed by atoms with E-state index in [1.165, 1.54) is 7.05 Å². The summed E-state index contributed by atoms with van der Waals surface area (Å²) in [6.45, 7) is 2.47.